The maximum atomic E-state index is 12.7. The second-order valence-corrected chi connectivity index (χ2v) is 13.2. The van der Waals surface area contributed by atoms with Gasteiger partial charge >= 0.3 is 5.97 Å². The lowest BCUT2D eigenvalue weighted by molar-refractivity contribution is -0.381. The van der Waals surface area contributed by atoms with Crippen molar-refractivity contribution in [3.63, 3.8) is 0 Å². The fraction of sp³-hybridized carbons (Fsp3) is 0.767. The van der Waals surface area contributed by atoms with Crippen LogP contribution in [0, 0.1) is 0 Å². The third kappa shape index (κ3) is 9.20. The molecule has 3 saturated heterocycles. The van der Waals surface area contributed by atoms with E-state index >= 15 is 0 Å². The molecule has 16 atom stereocenters. The Balaban J connectivity index is 1.51. The number of rotatable bonds is 15. The van der Waals surface area contributed by atoms with Crippen molar-refractivity contribution in [1.82, 2.24) is 25.6 Å². The van der Waals surface area contributed by atoms with Gasteiger partial charge in [-0.3, -0.25) is 9.59 Å². The highest BCUT2D eigenvalue weighted by Gasteiger charge is 2.60. The molecule has 0 aliphatic carbocycles. The standard InChI is InChI=1S/C30H47N5O19/c1-10(2)26(47)31-5-12-6-35(34-33-12)27-21(45)19(43)23(15(8-37)50-27)52-28-22(46)20(44)24(16(9-38)51-28)53-30(29(48)49)4-13(40)17(32-11(3)39)25(54-30)18(42)14(41)7-36/h6,13-25,27-28,36-38,40-46H,1,4-5,7-9H2,2-3H3,(H,31,47)(H,32,39)(H,48,49)/t13-,14+,15+,16+,17+,18+,19+,20-,21+,22+,23+,24-,25+,27+,28-,30+/m0/s1. The van der Waals surface area contributed by atoms with Gasteiger partial charge in [0.25, 0.3) is 5.79 Å². The van der Waals surface area contributed by atoms with Crippen LogP contribution in [0.25, 0.3) is 0 Å². The summed E-state index contributed by atoms with van der Waals surface area (Å²) in [6, 6.07) is -1.54. The quantitative estimate of drug-likeness (QED) is 0.0735. The van der Waals surface area contributed by atoms with Gasteiger partial charge in [-0.15, -0.1) is 5.10 Å². The minimum absolute atomic E-state index is 0.0740. The first kappa shape index (κ1) is 43.4. The van der Waals surface area contributed by atoms with Crippen LogP contribution in [0.5, 0.6) is 0 Å². The Labute approximate surface area is 306 Å². The molecule has 3 fully saturated rings. The van der Waals surface area contributed by atoms with Gasteiger partial charge in [0, 0.05) is 18.9 Å². The number of hydrogen-bond donors (Lipinski definition) is 13. The topological polar surface area (TPSA) is 375 Å². The lowest BCUT2D eigenvalue weighted by atomic mass is 9.88. The summed E-state index contributed by atoms with van der Waals surface area (Å²) in [7, 11) is 0. The summed E-state index contributed by atoms with van der Waals surface area (Å²) in [6.07, 6.45) is -26.0. The number of nitrogens with zero attached hydrogens (tertiary/aromatic N) is 3. The number of aliphatic hydroxyl groups excluding tert-OH is 10. The highest BCUT2D eigenvalue weighted by Crippen LogP contribution is 2.38. The minimum atomic E-state index is -3.00. The fourth-order valence-electron chi connectivity index (χ4n) is 6.23. The molecule has 0 spiro atoms. The van der Waals surface area contributed by atoms with E-state index in [4.69, 9.17) is 23.7 Å². The van der Waals surface area contributed by atoms with E-state index in [0.29, 0.717) is 0 Å². The van der Waals surface area contributed by atoms with Crippen molar-refractivity contribution in [3.8, 4) is 0 Å². The molecule has 24 nitrogen and oxygen atoms in total. The Kier molecular flexibility index (Phi) is 14.5. The van der Waals surface area contributed by atoms with Gasteiger partial charge in [0.05, 0.1) is 44.7 Å². The average Bonchev–Trinajstić information content (AvgIpc) is 3.60. The fourth-order valence-corrected chi connectivity index (χ4v) is 6.23. The van der Waals surface area contributed by atoms with Crippen molar-refractivity contribution < 1.29 is 94.2 Å². The Morgan fingerprint density at radius 1 is 1.00 bits per heavy atom. The van der Waals surface area contributed by atoms with Crippen molar-refractivity contribution >= 4 is 17.8 Å². The largest absolute Gasteiger partial charge is 0.477 e. The molecule has 1 aromatic rings. The molecule has 0 unspecified atom stereocenters. The number of nitrogens with one attached hydrogen (secondary N) is 2. The molecule has 0 saturated carbocycles. The van der Waals surface area contributed by atoms with Crippen molar-refractivity contribution in [2.45, 2.75) is 124 Å². The molecule has 2 amide bonds. The molecule has 3 aliphatic heterocycles. The molecular formula is C30H47N5O19. The van der Waals surface area contributed by atoms with Gasteiger partial charge in [0.15, 0.2) is 12.5 Å². The molecule has 0 bridgehead atoms. The summed E-state index contributed by atoms with van der Waals surface area (Å²) in [5.74, 6) is -6.16. The van der Waals surface area contributed by atoms with Gasteiger partial charge in [-0.2, -0.15) is 0 Å². The maximum absolute atomic E-state index is 12.7. The van der Waals surface area contributed by atoms with E-state index in [2.05, 4.69) is 27.5 Å². The van der Waals surface area contributed by atoms with Crippen LogP contribution in [0.2, 0.25) is 0 Å². The zero-order chi connectivity index (χ0) is 40.2. The van der Waals surface area contributed by atoms with Gasteiger partial charge in [-0.25, -0.2) is 9.48 Å². The number of aromatic nitrogens is 3. The SMILES string of the molecule is C=C(C)C(=O)NCc1cn([C@@H]2O[C@H](CO)[C@@H](O[C@@H]3O[C@H](CO)[C@H](O[C@]4(C(=O)O)C[C@H](O)[C@@H](NC(C)=O)[C@H]([C@H](O)[C@H](O)CO)O4)[C@@H](O)[C@H]3O)[C@H](O)[C@H]2O)nn1. The van der Waals surface area contributed by atoms with E-state index in [1.165, 1.54) is 13.1 Å². The lowest BCUT2D eigenvalue weighted by Gasteiger charge is -2.50. The van der Waals surface area contributed by atoms with Gasteiger partial charge < -0.3 is 90.5 Å². The molecule has 306 valence electrons. The maximum Gasteiger partial charge on any atom is 0.364 e. The van der Waals surface area contributed by atoms with E-state index in [1.807, 2.05) is 0 Å². The Bertz CT molecular complexity index is 1470. The zero-order valence-electron chi connectivity index (χ0n) is 29.0. The minimum Gasteiger partial charge on any atom is -0.477 e. The van der Waals surface area contributed by atoms with Crippen LogP contribution in [0.3, 0.4) is 0 Å². The molecule has 13 N–H and O–H groups in total. The monoisotopic (exact) mass is 781 g/mol. The number of carboxylic acid groups (broad SMARTS) is 1. The molecule has 4 heterocycles. The van der Waals surface area contributed by atoms with E-state index in [9.17, 15) is 70.6 Å². The van der Waals surface area contributed by atoms with Gasteiger partial charge in [-0.1, -0.05) is 11.8 Å². The summed E-state index contributed by atoms with van der Waals surface area (Å²) < 4.78 is 29.2. The van der Waals surface area contributed by atoms with Gasteiger partial charge in [0.2, 0.25) is 11.8 Å². The highest BCUT2D eigenvalue weighted by molar-refractivity contribution is 5.91. The molecule has 1 aromatic heterocycles. The third-order valence-corrected chi connectivity index (χ3v) is 9.10. The first-order valence-electron chi connectivity index (χ1n) is 16.7. The highest BCUT2D eigenvalue weighted by atomic mass is 16.8. The van der Waals surface area contributed by atoms with Crippen molar-refractivity contribution in [3.05, 3.63) is 24.0 Å². The van der Waals surface area contributed by atoms with E-state index in [-0.39, 0.29) is 17.8 Å². The lowest BCUT2D eigenvalue weighted by Crippen LogP contribution is -2.70. The first-order chi connectivity index (χ1) is 25.4. The van der Waals surface area contributed by atoms with Crippen LogP contribution in [-0.4, -0.2) is 200 Å². The van der Waals surface area contributed by atoms with Crippen LogP contribution in [0.4, 0.5) is 0 Å². The first-order valence-corrected chi connectivity index (χ1v) is 16.7. The van der Waals surface area contributed by atoms with Gasteiger partial charge in [0.1, 0.15) is 72.8 Å². The van der Waals surface area contributed by atoms with Crippen LogP contribution in [-0.2, 0) is 44.6 Å². The normalized spacial score (nSPS) is 38.3. The van der Waals surface area contributed by atoms with Gasteiger partial charge in [-0.05, 0) is 6.92 Å². The number of ether oxygens (including phenoxy) is 5. The molecular weight excluding hydrogens is 734 g/mol. The van der Waals surface area contributed by atoms with E-state index < -0.39 is 142 Å². The predicted molar refractivity (Wildman–Crippen MR) is 170 cm³/mol. The van der Waals surface area contributed by atoms with Crippen molar-refractivity contribution in [1.29, 1.82) is 0 Å². The number of carbonyl (C=O) groups excluding carboxylic acids is 2. The smallest absolute Gasteiger partial charge is 0.364 e. The van der Waals surface area contributed by atoms with E-state index in [1.54, 1.807) is 0 Å². The molecule has 24 heteroatoms. The Morgan fingerprint density at radius 2 is 1.63 bits per heavy atom. The molecule has 3 aliphatic rings. The molecule has 0 aromatic carbocycles. The summed E-state index contributed by atoms with van der Waals surface area (Å²) >= 11 is 0. The number of aliphatic hydroxyl groups is 10. The Hall–Kier alpha value is -3.31. The predicted octanol–water partition coefficient (Wildman–Crippen LogP) is -7.56. The number of hydrogen-bond acceptors (Lipinski definition) is 20. The molecule has 4 rings (SSSR count). The average molecular weight is 782 g/mol. The molecule has 54 heavy (non-hydrogen) atoms. The van der Waals surface area contributed by atoms with Crippen molar-refractivity contribution in [2.24, 2.45) is 0 Å². The second-order valence-electron chi connectivity index (χ2n) is 13.2. The zero-order valence-corrected chi connectivity index (χ0v) is 29.0. The number of carboxylic acids is 1. The summed E-state index contributed by atoms with van der Waals surface area (Å²) in [5, 5.41) is 128. The number of aliphatic carboxylic acids is 1. The second kappa shape index (κ2) is 18.1. The van der Waals surface area contributed by atoms with Crippen LogP contribution < -0.4 is 10.6 Å². The van der Waals surface area contributed by atoms with Crippen LogP contribution in [0.15, 0.2) is 18.3 Å². The summed E-state index contributed by atoms with van der Waals surface area (Å²) in [6.45, 7) is 3.04. The number of carbonyl (C=O) groups is 3. The van der Waals surface area contributed by atoms with Crippen LogP contribution in [0.1, 0.15) is 32.2 Å². The van der Waals surface area contributed by atoms with E-state index in [0.717, 1.165) is 11.6 Å². The summed E-state index contributed by atoms with van der Waals surface area (Å²) in [5.41, 5.74) is 0.473. The van der Waals surface area contributed by atoms with Crippen molar-refractivity contribution in [2.75, 3.05) is 19.8 Å². The third-order valence-electron chi connectivity index (χ3n) is 9.10. The Morgan fingerprint density at radius 3 is 2.20 bits per heavy atom. The summed E-state index contributed by atoms with van der Waals surface area (Å²) in [4.78, 5) is 36.3. The number of amides is 2. The molecule has 0 radical (unpaired) electrons. The van der Waals surface area contributed by atoms with Crippen LogP contribution >= 0.6 is 0 Å².